The molecule has 25 heavy (non-hydrogen) atoms. The first-order valence-corrected chi connectivity index (χ1v) is 8.73. The first-order valence-electron chi connectivity index (χ1n) is 8.73. The van der Waals surface area contributed by atoms with Crippen LogP contribution in [0.5, 0.6) is 0 Å². The number of carbonyl (C=O) groups excluding carboxylic acids is 1. The molecule has 3 aromatic rings. The summed E-state index contributed by atoms with van der Waals surface area (Å²) in [6, 6.07) is 11.6. The standard InChI is InChI=1S/C20H21N3O2/c24-14-15-4-6-18(7-5-15)23-11-8-16-12-17(13-21-19(16)23)20(25)22-9-2-1-3-10-22/h4-8,11-13,24H,1-3,9-10,14H2. The Balaban J connectivity index is 1.65. The molecule has 5 nitrogen and oxygen atoms in total. The first-order chi connectivity index (χ1) is 12.3. The normalized spacial score (nSPS) is 14.8. The van der Waals surface area contributed by atoms with Crippen molar-refractivity contribution in [3.63, 3.8) is 0 Å². The van der Waals surface area contributed by atoms with Crippen LogP contribution >= 0.6 is 0 Å². The lowest BCUT2D eigenvalue weighted by molar-refractivity contribution is 0.0724. The Morgan fingerprint density at radius 1 is 1.08 bits per heavy atom. The topological polar surface area (TPSA) is 58.4 Å². The minimum atomic E-state index is 0.0347. The van der Waals surface area contributed by atoms with Gasteiger partial charge < -0.3 is 14.6 Å². The van der Waals surface area contributed by atoms with E-state index in [4.69, 9.17) is 5.11 Å². The highest BCUT2D eigenvalue weighted by Gasteiger charge is 2.19. The van der Waals surface area contributed by atoms with Gasteiger partial charge in [-0.2, -0.15) is 0 Å². The van der Waals surface area contributed by atoms with E-state index in [1.807, 2.05) is 52.1 Å². The Morgan fingerprint density at radius 2 is 1.84 bits per heavy atom. The number of rotatable bonds is 3. The Bertz CT molecular complexity index is 893. The van der Waals surface area contributed by atoms with Gasteiger partial charge in [-0.15, -0.1) is 0 Å². The summed E-state index contributed by atoms with van der Waals surface area (Å²) < 4.78 is 1.99. The van der Waals surface area contributed by atoms with Crippen molar-refractivity contribution < 1.29 is 9.90 Å². The third-order valence-corrected chi connectivity index (χ3v) is 4.81. The molecule has 0 radical (unpaired) electrons. The molecule has 1 saturated heterocycles. The van der Waals surface area contributed by atoms with Crippen LogP contribution in [0.3, 0.4) is 0 Å². The molecule has 0 bridgehead atoms. The number of aromatic nitrogens is 2. The van der Waals surface area contributed by atoms with Crippen molar-refractivity contribution in [3.8, 4) is 5.69 Å². The maximum atomic E-state index is 12.6. The van der Waals surface area contributed by atoms with Crippen LogP contribution in [0.15, 0.2) is 48.8 Å². The van der Waals surface area contributed by atoms with E-state index in [0.29, 0.717) is 5.56 Å². The highest BCUT2D eigenvalue weighted by molar-refractivity contribution is 5.97. The van der Waals surface area contributed by atoms with E-state index in [1.165, 1.54) is 6.42 Å². The zero-order valence-corrected chi connectivity index (χ0v) is 14.1. The minimum absolute atomic E-state index is 0.0347. The van der Waals surface area contributed by atoms with Gasteiger partial charge in [0.15, 0.2) is 0 Å². The van der Waals surface area contributed by atoms with Crippen LogP contribution in [-0.4, -0.2) is 38.6 Å². The molecule has 2 aromatic heterocycles. The number of hydrogen-bond donors (Lipinski definition) is 1. The van der Waals surface area contributed by atoms with E-state index >= 15 is 0 Å². The summed E-state index contributed by atoms with van der Waals surface area (Å²) in [5.74, 6) is 0.0779. The Labute approximate surface area is 146 Å². The van der Waals surface area contributed by atoms with Crippen molar-refractivity contribution in [3.05, 3.63) is 59.9 Å². The van der Waals surface area contributed by atoms with E-state index < -0.39 is 0 Å². The predicted octanol–water partition coefficient (Wildman–Crippen LogP) is 3.14. The maximum Gasteiger partial charge on any atom is 0.255 e. The number of carbonyl (C=O) groups is 1. The van der Waals surface area contributed by atoms with E-state index in [1.54, 1.807) is 6.20 Å². The summed E-state index contributed by atoms with van der Waals surface area (Å²) in [5, 5.41) is 10.1. The molecule has 1 aromatic carbocycles. The lowest BCUT2D eigenvalue weighted by Gasteiger charge is -2.26. The molecule has 1 fully saturated rings. The number of likely N-dealkylation sites (tertiary alicyclic amines) is 1. The average Bonchev–Trinajstić information content (AvgIpc) is 3.11. The van der Waals surface area contributed by atoms with Gasteiger partial charge in [0.2, 0.25) is 0 Å². The Hall–Kier alpha value is -2.66. The Kier molecular flexibility index (Phi) is 4.24. The van der Waals surface area contributed by atoms with Crippen molar-refractivity contribution in [1.29, 1.82) is 0 Å². The third-order valence-electron chi connectivity index (χ3n) is 4.81. The lowest BCUT2D eigenvalue weighted by atomic mass is 10.1. The van der Waals surface area contributed by atoms with E-state index in [0.717, 1.165) is 48.2 Å². The summed E-state index contributed by atoms with van der Waals surface area (Å²) in [5.41, 5.74) is 3.34. The summed E-state index contributed by atoms with van der Waals surface area (Å²) in [6.45, 7) is 1.72. The molecule has 1 aliphatic rings. The second-order valence-corrected chi connectivity index (χ2v) is 6.50. The molecule has 1 N–H and O–H groups in total. The zero-order valence-electron chi connectivity index (χ0n) is 14.1. The maximum absolute atomic E-state index is 12.6. The van der Waals surface area contributed by atoms with Gasteiger partial charge in [0, 0.05) is 36.6 Å². The van der Waals surface area contributed by atoms with Crippen LogP contribution in [0.2, 0.25) is 0 Å². The minimum Gasteiger partial charge on any atom is -0.392 e. The fourth-order valence-electron chi connectivity index (χ4n) is 3.39. The summed E-state index contributed by atoms with van der Waals surface area (Å²) in [4.78, 5) is 19.1. The first kappa shape index (κ1) is 15.8. The van der Waals surface area contributed by atoms with E-state index in [9.17, 15) is 4.79 Å². The number of aliphatic hydroxyl groups is 1. The molecule has 1 amide bonds. The number of pyridine rings is 1. The van der Waals surface area contributed by atoms with Gasteiger partial charge in [0.25, 0.3) is 5.91 Å². The molecular weight excluding hydrogens is 314 g/mol. The molecule has 3 heterocycles. The number of fused-ring (bicyclic) bond motifs is 1. The summed E-state index contributed by atoms with van der Waals surface area (Å²) in [6.07, 6.45) is 7.01. The molecule has 0 spiro atoms. The molecule has 0 aliphatic carbocycles. The van der Waals surface area contributed by atoms with Gasteiger partial charge in [-0.25, -0.2) is 4.98 Å². The predicted molar refractivity (Wildman–Crippen MR) is 96.7 cm³/mol. The molecular formula is C20H21N3O2. The van der Waals surface area contributed by atoms with Crippen LogP contribution in [0, 0.1) is 0 Å². The number of aliphatic hydroxyl groups excluding tert-OH is 1. The zero-order chi connectivity index (χ0) is 17.2. The van der Waals surface area contributed by atoms with Crippen molar-refractivity contribution >= 4 is 16.9 Å². The molecule has 128 valence electrons. The van der Waals surface area contributed by atoms with Gasteiger partial charge in [-0.05, 0) is 49.1 Å². The number of nitrogens with zero attached hydrogens (tertiary/aromatic N) is 3. The number of hydrogen-bond acceptors (Lipinski definition) is 3. The van der Waals surface area contributed by atoms with Gasteiger partial charge in [-0.3, -0.25) is 4.79 Å². The molecule has 4 rings (SSSR count). The second-order valence-electron chi connectivity index (χ2n) is 6.50. The highest BCUT2D eigenvalue weighted by atomic mass is 16.3. The molecule has 5 heteroatoms. The van der Waals surface area contributed by atoms with Gasteiger partial charge in [0.1, 0.15) is 5.65 Å². The fourth-order valence-corrected chi connectivity index (χ4v) is 3.39. The van der Waals surface area contributed by atoms with E-state index in [2.05, 4.69) is 4.98 Å². The Morgan fingerprint density at radius 3 is 2.56 bits per heavy atom. The van der Waals surface area contributed by atoms with Crippen LogP contribution < -0.4 is 0 Å². The van der Waals surface area contributed by atoms with Gasteiger partial charge in [-0.1, -0.05) is 12.1 Å². The van der Waals surface area contributed by atoms with Crippen molar-refractivity contribution in [2.24, 2.45) is 0 Å². The average molecular weight is 335 g/mol. The summed E-state index contributed by atoms with van der Waals surface area (Å²) >= 11 is 0. The van der Waals surface area contributed by atoms with E-state index in [-0.39, 0.29) is 12.5 Å². The molecule has 0 saturated carbocycles. The highest BCUT2D eigenvalue weighted by Crippen LogP contribution is 2.21. The number of benzene rings is 1. The van der Waals surface area contributed by atoms with Crippen molar-refractivity contribution in [1.82, 2.24) is 14.5 Å². The lowest BCUT2D eigenvalue weighted by Crippen LogP contribution is -2.35. The van der Waals surface area contributed by atoms with Crippen LogP contribution in [0.1, 0.15) is 35.2 Å². The quantitative estimate of drug-likeness (QED) is 0.800. The summed E-state index contributed by atoms with van der Waals surface area (Å²) in [7, 11) is 0. The van der Waals surface area contributed by atoms with Gasteiger partial charge >= 0.3 is 0 Å². The number of piperidine rings is 1. The van der Waals surface area contributed by atoms with Crippen LogP contribution in [0.25, 0.3) is 16.7 Å². The number of amides is 1. The molecule has 0 atom stereocenters. The van der Waals surface area contributed by atoms with Crippen molar-refractivity contribution in [2.45, 2.75) is 25.9 Å². The fraction of sp³-hybridized carbons (Fsp3) is 0.300. The third kappa shape index (κ3) is 3.03. The van der Waals surface area contributed by atoms with Crippen molar-refractivity contribution in [2.75, 3.05) is 13.1 Å². The molecule has 0 unspecified atom stereocenters. The largest absolute Gasteiger partial charge is 0.392 e. The monoisotopic (exact) mass is 335 g/mol. The SMILES string of the molecule is O=C(c1cnc2c(ccn2-c2ccc(CO)cc2)c1)N1CCCCC1. The van der Waals surface area contributed by atoms with Crippen LogP contribution in [-0.2, 0) is 6.61 Å². The molecule has 1 aliphatic heterocycles. The smallest absolute Gasteiger partial charge is 0.255 e. The second kappa shape index (κ2) is 6.69. The van der Waals surface area contributed by atoms with Gasteiger partial charge in [0.05, 0.1) is 12.2 Å². The van der Waals surface area contributed by atoms with Crippen LogP contribution in [0.4, 0.5) is 0 Å².